The maximum absolute atomic E-state index is 9.89. The maximum Gasteiger partial charge on any atom is 2.00 e. The van der Waals surface area contributed by atoms with Crippen molar-refractivity contribution in [1.29, 1.82) is 0 Å². The summed E-state index contributed by atoms with van der Waals surface area (Å²) in [6.07, 6.45) is 4.29. The Bertz CT molecular complexity index is 219. The molecule has 0 atom stereocenters. The quantitative estimate of drug-likeness (QED) is 0.194. The Morgan fingerprint density at radius 1 is 1.06 bits per heavy atom. The van der Waals surface area contributed by atoms with Crippen LogP contribution in [0.25, 0.3) is 0 Å². The number of alkyl halides is 3. The van der Waals surface area contributed by atoms with Crippen LogP contribution in [0.2, 0.25) is 0 Å². The molecule has 0 spiro atoms. The van der Waals surface area contributed by atoms with Crippen LogP contribution in [0.3, 0.4) is 0 Å². The number of unbranched alkanes of at least 4 members (excludes halogenated alkanes) is 3. The molecule has 0 fully saturated rings. The number of carboxylic acid groups (broad SMARTS) is 2. The first-order chi connectivity index (χ1) is 7.21. The summed E-state index contributed by atoms with van der Waals surface area (Å²) in [4.78, 5) is 19.7. The van der Waals surface area contributed by atoms with Crippen molar-refractivity contribution in [3.05, 3.63) is 0 Å². The van der Waals surface area contributed by atoms with E-state index in [0.717, 1.165) is 25.7 Å². The zero-order chi connectivity index (χ0) is 13.2. The fraction of sp³-hybridized carbons (Fsp3) is 0.778. The number of rotatable bonds is 6. The van der Waals surface area contributed by atoms with Crippen LogP contribution in [0.15, 0.2) is 0 Å². The van der Waals surface area contributed by atoms with Gasteiger partial charge in [0.05, 0.1) is 5.97 Å². The van der Waals surface area contributed by atoms with Crippen LogP contribution in [0.1, 0.15) is 39.0 Å². The Hall–Kier alpha value is 1.62. The van der Waals surface area contributed by atoms with Crippen molar-refractivity contribution in [2.24, 2.45) is 0 Å². The van der Waals surface area contributed by atoms with Gasteiger partial charge >= 0.3 is 16.5 Å². The van der Waals surface area contributed by atoms with Gasteiger partial charge in [-0.15, -0.1) is 0 Å². The Kier molecular flexibility index (Phi) is 19.6. The summed E-state index contributed by atoms with van der Waals surface area (Å²) in [7, 11) is 0. The topological polar surface area (TPSA) is 80.3 Å². The van der Waals surface area contributed by atoms with Gasteiger partial charge in [0.15, 0.2) is -0.565 Å². The molecule has 0 aliphatic carbocycles. The number of carbonyl (C=O) groups excluding carboxylic acids is 2. The van der Waals surface area contributed by atoms with Gasteiger partial charge < -0.3 is 19.8 Å². The van der Waals surface area contributed by atoms with E-state index in [2.05, 4.69) is 6.92 Å². The summed E-state index contributed by atoms with van der Waals surface area (Å²) in [5, 5.41) is 19.7. The molecule has 8 heteroatoms. The smallest absolute Gasteiger partial charge is 0.550 e. The third kappa shape index (κ3) is 23.2. The van der Waals surface area contributed by atoms with E-state index in [0.29, 0.717) is 0 Å². The summed E-state index contributed by atoms with van der Waals surface area (Å²) in [6, 6.07) is 0. The van der Waals surface area contributed by atoms with Gasteiger partial charge in [0.2, 0.25) is 0 Å². The van der Waals surface area contributed by atoms with Crippen molar-refractivity contribution in [2.45, 2.75) is 38.5 Å². The summed E-state index contributed by atoms with van der Waals surface area (Å²) in [5.74, 6) is -1.97. The van der Waals surface area contributed by atoms with Crippen molar-refractivity contribution in [2.75, 3.05) is 0 Å². The standard InChI is InChI=1S/C7H14O2.C2HI3O2.Ni/c1-2-3-4-5-6-7(8)9;3-2(4,5)1(6)7;/h2-6H2,1H3,(H,8,9);(H,6,7);/q;;+2/p-2. The second kappa shape index (κ2) is 14.0. The molecule has 0 bridgehead atoms. The predicted octanol–water partition coefficient (Wildman–Crippen LogP) is 1.40. The van der Waals surface area contributed by atoms with E-state index in [1.54, 1.807) is 67.8 Å². The number of halogens is 3. The minimum atomic E-state index is -1.05. The number of aliphatic carboxylic acids is 2. The first-order valence-electron chi connectivity index (χ1n) is 4.69. The third-order valence-corrected chi connectivity index (χ3v) is 2.79. The molecule has 0 unspecified atom stereocenters. The molecule has 0 aromatic carbocycles. The van der Waals surface area contributed by atoms with Crippen molar-refractivity contribution in [3.8, 4) is 0 Å². The van der Waals surface area contributed by atoms with Crippen LogP contribution < -0.4 is 10.2 Å². The van der Waals surface area contributed by atoms with Gasteiger partial charge in [-0.3, -0.25) is 0 Å². The number of hydrogen-bond acceptors (Lipinski definition) is 4. The number of hydrogen-bond donors (Lipinski definition) is 0. The molecule has 0 N–H and O–H groups in total. The van der Waals surface area contributed by atoms with Gasteiger partial charge in [-0.25, -0.2) is 0 Å². The third-order valence-electron chi connectivity index (χ3n) is 1.47. The van der Waals surface area contributed by atoms with E-state index in [1.807, 2.05) is 0 Å². The first kappa shape index (κ1) is 23.7. The van der Waals surface area contributed by atoms with Crippen molar-refractivity contribution >= 4 is 79.7 Å². The fourth-order valence-electron chi connectivity index (χ4n) is 0.696. The van der Waals surface area contributed by atoms with Crippen molar-refractivity contribution in [3.63, 3.8) is 0 Å². The van der Waals surface area contributed by atoms with Crippen LogP contribution in [-0.2, 0) is 26.1 Å². The monoisotopic (exact) mass is 624 g/mol. The summed E-state index contributed by atoms with van der Waals surface area (Å²) >= 11 is 5.33. The van der Waals surface area contributed by atoms with E-state index in [9.17, 15) is 19.8 Å². The average Bonchev–Trinajstić information content (AvgIpc) is 2.11. The van der Waals surface area contributed by atoms with E-state index < -0.39 is 11.4 Å². The molecule has 104 valence electrons. The molecular weight excluding hydrogens is 612 g/mol. The predicted molar refractivity (Wildman–Crippen MR) is 83.6 cm³/mol. The SMILES string of the molecule is CCCCCCC(=O)[O-].O=C([O-])C(I)(I)I.[Ni+2]. The van der Waals surface area contributed by atoms with Gasteiger partial charge in [0, 0.05) is 5.97 Å². The van der Waals surface area contributed by atoms with Gasteiger partial charge in [0.1, 0.15) is 0 Å². The molecule has 0 aliphatic heterocycles. The molecule has 0 saturated carbocycles. The van der Waals surface area contributed by atoms with E-state index in [4.69, 9.17) is 0 Å². The van der Waals surface area contributed by atoms with E-state index in [1.165, 1.54) is 0 Å². The van der Waals surface area contributed by atoms with Gasteiger partial charge in [-0.2, -0.15) is 0 Å². The van der Waals surface area contributed by atoms with Crippen LogP contribution >= 0.6 is 67.8 Å². The second-order valence-electron chi connectivity index (χ2n) is 2.97. The van der Waals surface area contributed by atoms with Crippen LogP contribution in [0.5, 0.6) is 0 Å². The first-order valence-corrected chi connectivity index (χ1v) is 7.93. The van der Waals surface area contributed by atoms with Gasteiger partial charge in [-0.1, -0.05) is 26.2 Å². The number of carboxylic acids is 2. The summed E-state index contributed by atoms with van der Waals surface area (Å²) < 4.78 is -0.784. The molecule has 0 rings (SSSR count). The molecule has 0 heterocycles. The maximum atomic E-state index is 9.89. The second-order valence-corrected chi connectivity index (χ2v) is 14.0. The van der Waals surface area contributed by atoms with Gasteiger partial charge in [0.25, 0.3) is 0 Å². The van der Waals surface area contributed by atoms with Crippen molar-refractivity contribution in [1.82, 2.24) is 0 Å². The average molecular weight is 625 g/mol. The molecule has 0 saturated heterocycles. The van der Waals surface area contributed by atoms with Crippen molar-refractivity contribution < 1.29 is 36.3 Å². The molecule has 0 radical (unpaired) electrons. The Labute approximate surface area is 152 Å². The largest absolute Gasteiger partial charge is 2.00 e. The number of carbonyl (C=O) groups is 2. The zero-order valence-electron chi connectivity index (χ0n) is 9.12. The van der Waals surface area contributed by atoms with Crippen LogP contribution in [0.4, 0.5) is 0 Å². The minimum absolute atomic E-state index is 0. The van der Waals surface area contributed by atoms with Crippen LogP contribution in [0, 0.1) is 0 Å². The molecular formula is C9H13I3NiO4. The Morgan fingerprint density at radius 3 is 1.71 bits per heavy atom. The molecule has 0 aromatic rings. The molecule has 17 heavy (non-hydrogen) atoms. The molecule has 0 amide bonds. The Balaban J connectivity index is -0.000000224. The van der Waals surface area contributed by atoms with Crippen LogP contribution in [-0.4, -0.2) is 11.4 Å². The Morgan fingerprint density at radius 2 is 1.47 bits per heavy atom. The van der Waals surface area contributed by atoms with Gasteiger partial charge in [-0.05, 0) is 80.6 Å². The van der Waals surface area contributed by atoms with E-state index in [-0.39, 0.29) is 22.9 Å². The molecule has 4 nitrogen and oxygen atoms in total. The molecule has 0 aliphatic rings. The van der Waals surface area contributed by atoms with E-state index >= 15 is 0 Å². The summed E-state index contributed by atoms with van der Waals surface area (Å²) in [6.45, 7) is 2.10. The zero-order valence-corrected chi connectivity index (χ0v) is 16.6. The summed E-state index contributed by atoms with van der Waals surface area (Å²) in [5.41, 5.74) is 0. The molecule has 0 aromatic heterocycles. The minimum Gasteiger partial charge on any atom is -0.550 e. The normalized spacial score (nSPS) is 9.65. The fourth-order valence-corrected chi connectivity index (χ4v) is 0.696.